The summed E-state index contributed by atoms with van der Waals surface area (Å²) < 4.78 is 7.09. The molecule has 1 heterocycles. The first kappa shape index (κ1) is 23.6. The number of nitrogens with zero attached hydrogens (tertiary/aromatic N) is 3. The van der Waals surface area contributed by atoms with Gasteiger partial charge in [-0.2, -0.15) is 0 Å². The number of methoxy groups -OCH3 is 1. The molecule has 1 atom stereocenters. The van der Waals surface area contributed by atoms with E-state index in [1.165, 1.54) is 17.3 Å². The second kappa shape index (κ2) is 12.0. The summed E-state index contributed by atoms with van der Waals surface area (Å²) in [5.74, 6) is 1.02. The van der Waals surface area contributed by atoms with Crippen molar-refractivity contribution in [3.05, 3.63) is 102 Å². The van der Waals surface area contributed by atoms with Gasteiger partial charge in [0, 0.05) is 5.69 Å². The first-order chi connectivity index (χ1) is 16.7. The molecule has 1 unspecified atom stereocenters. The second-order valence-electron chi connectivity index (χ2n) is 7.88. The molecular formula is C27H28N4O2S. The molecule has 0 saturated carbocycles. The number of carbonyl (C=O) groups is 1. The van der Waals surface area contributed by atoms with Crippen molar-refractivity contribution >= 4 is 17.7 Å². The van der Waals surface area contributed by atoms with E-state index in [0.717, 1.165) is 36.3 Å². The van der Waals surface area contributed by atoms with Crippen LogP contribution in [-0.4, -0.2) is 33.5 Å². The van der Waals surface area contributed by atoms with Crippen LogP contribution in [0.3, 0.4) is 0 Å². The number of nitrogens with one attached hydrogen (secondary N) is 1. The van der Waals surface area contributed by atoms with E-state index in [1.54, 1.807) is 13.4 Å². The lowest BCUT2D eigenvalue weighted by Gasteiger charge is -2.19. The second-order valence-corrected chi connectivity index (χ2v) is 8.82. The van der Waals surface area contributed by atoms with Crippen LogP contribution in [0.15, 0.2) is 96.4 Å². The van der Waals surface area contributed by atoms with Crippen molar-refractivity contribution in [2.75, 3.05) is 12.9 Å². The Labute approximate surface area is 204 Å². The lowest BCUT2D eigenvalue weighted by Crippen LogP contribution is -2.30. The van der Waals surface area contributed by atoms with E-state index in [1.807, 2.05) is 53.1 Å². The van der Waals surface area contributed by atoms with Gasteiger partial charge in [0.15, 0.2) is 5.16 Å². The number of amides is 1. The Kier molecular flexibility index (Phi) is 8.35. The van der Waals surface area contributed by atoms with Crippen LogP contribution >= 0.6 is 11.8 Å². The Hall–Kier alpha value is -3.58. The Balaban J connectivity index is 1.36. The summed E-state index contributed by atoms with van der Waals surface area (Å²) in [4.78, 5) is 12.9. The molecule has 0 aliphatic rings. The Morgan fingerprint density at radius 2 is 1.71 bits per heavy atom. The van der Waals surface area contributed by atoms with Gasteiger partial charge in [-0.25, -0.2) is 0 Å². The van der Waals surface area contributed by atoms with Gasteiger partial charge in [0.1, 0.15) is 12.1 Å². The minimum absolute atomic E-state index is 0.0251. The average Bonchev–Trinajstić information content (AvgIpc) is 3.37. The number of aromatic nitrogens is 3. The Bertz CT molecular complexity index is 1160. The molecule has 7 heteroatoms. The summed E-state index contributed by atoms with van der Waals surface area (Å²) in [6, 6.07) is 28.2. The third-order valence-electron chi connectivity index (χ3n) is 5.54. The van der Waals surface area contributed by atoms with Crippen LogP contribution in [-0.2, 0) is 11.2 Å². The molecule has 1 amide bonds. The van der Waals surface area contributed by atoms with E-state index in [4.69, 9.17) is 4.74 Å². The summed E-state index contributed by atoms with van der Waals surface area (Å²) in [5.41, 5.74) is 3.35. The summed E-state index contributed by atoms with van der Waals surface area (Å²) in [7, 11) is 1.64. The van der Waals surface area contributed by atoms with Gasteiger partial charge in [-0.05, 0) is 54.7 Å². The maximum Gasteiger partial charge on any atom is 0.230 e. The monoisotopic (exact) mass is 472 g/mol. The normalized spacial score (nSPS) is 11.7. The summed E-state index contributed by atoms with van der Waals surface area (Å²) in [6.45, 7) is 0. The van der Waals surface area contributed by atoms with E-state index in [9.17, 15) is 4.79 Å². The average molecular weight is 473 g/mol. The summed E-state index contributed by atoms with van der Waals surface area (Å²) in [6.07, 6.45) is 4.50. The molecule has 0 fully saturated rings. The minimum Gasteiger partial charge on any atom is -0.497 e. The zero-order valence-corrected chi connectivity index (χ0v) is 19.9. The quantitative estimate of drug-likeness (QED) is 0.302. The first-order valence-electron chi connectivity index (χ1n) is 11.3. The lowest BCUT2D eigenvalue weighted by atomic mass is 9.99. The van der Waals surface area contributed by atoms with Gasteiger partial charge in [0.05, 0.1) is 18.9 Å². The van der Waals surface area contributed by atoms with Crippen LogP contribution < -0.4 is 10.1 Å². The number of rotatable bonds is 11. The number of aryl methyl sites for hydroxylation is 1. The van der Waals surface area contributed by atoms with Crippen molar-refractivity contribution in [1.29, 1.82) is 0 Å². The van der Waals surface area contributed by atoms with Gasteiger partial charge < -0.3 is 10.1 Å². The fraction of sp³-hybridized carbons (Fsp3) is 0.222. The van der Waals surface area contributed by atoms with Gasteiger partial charge in [-0.15, -0.1) is 10.2 Å². The van der Waals surface area contributed by atoms with Crippen LogP contribution in [0.2, 0.25) is 0 Å². The molecule has 4 rings (SSSR count). The highest BCUT2D eigenvalue weighted by atomic mass is 32.2. The fourth-order valence-corrected chi connectivity index (χ4v) is 4.51. The molecule has 34 heavy (non-hydrogen) atoms. The standard InChI is InChI=1S/C27H28N4O2S/c1-33-24-17-15-23(16-18-24)31-20-28-30-27(31)34-19-26(32)29-25(22-12-6-3-7-13-22)14-8-11-21-9-4-2-5-10-21/h2-7,9-10,12-13,15-18,20,25H,8,11,14,19H2,1H3,(H,29,32). The van der Waals surface area contributed by atoms with Crippen molar-refractivity contribution in [3.63, 3.8) is 0 Å². The number of hydrogen-bond acceptors (Lipinski definition) is 5. The lowest BCUT2D eigenvalue weighted by molar-refractivity contribution is -0.119. The third kappa shape index (κ3) is 6.48. The molecule has 3 aromatic carbocycles. The molecule has 0 spiro atoms. The molecule has 0 aliphatic heterocycles. The van der Waals surface area contributed by atoms with Gasteiger partial charge in [-0.3, -0.25) is 9.36 Å². The maximum absolute atomic E-state index is 12.9. The number of benzene rings is 3. The molecule has 0 radical (unpaired) electrons. The predicted molar refractivity (Wildman–Crippen MR) is 135 cm³/mol. The van der Waals surface area contributed by atoms with Crippen LogP contribution in [0, 0.1) is 0 Å². The number of ether oxygens (including phenoxy) is 1. The van der Waals surface area contributed by atoms with Crippen molar-refractivity contribution < 1.29 is 9.53 Å². The summed E-state index contributed by atoms with van der Waals surface area (Å²) in [5, 5.41) is 12.1. The van der Waals surface area contributed by atoms with Crippen molar-refractivity contribution in [1.82, 2.24) is 20.1 Å². The highest BCUT2D eigenvalue weighted by Gasteiger charge is 2.16. The van der Waals surface area contributed by atoms with Gasteiger partial charge in [0.25, 0.3) is 0 Å². The maximum atomic E-state index is 12.9. The van der Waals surface area contributed by atoms with Crippen LogP contribution in [0.1, 0.15) is 30.0 Å². The molecule has 1 aromatic heterocycles. The third-order valence-corrected chi connectivity index (χ3v) is 6.48. The SMILES string of the molecule is COc1ccc(-n2cnnc2SCC(=O)NC(CCCc2ccccc2)c2ccccc2)cc1. The van der Waals surface area contributed by atoms with Crippen molar-refractivity contribution in [2.24, 2.45) is 0 Å². The van der Waals surface area contributed by atoms with E-state index >= 15 is 0 Å². The zero-order valence-electron chi connectivity index (χ0n) is 19.1. The molecule has 174 valence electrons. The number of thioether (sulfide) groups is 1. The number of carbonyl (C=O) groups excluding carboxylic acids is 1. The zero-order chi connectivity index (χ0) is 23.6. The smallest absolute Gasteiger partial charge is 0.230 e. The highest BCUT2D eigenvalue weighted by Crippen LogP contribution is 2.23. The minimum atomic E-state index is -0.0301. The van der Waals surface area contributed by atoms with Crippen molar-refractivity contribution in [2.45, 2.75) is 30.5 Å². The van der Waals surface area contributed by atoms with Gasteiger partial charge in [-0.1, -0.05) is 72.4 Å². The van der Waals surface area contributed by atoms with Gasteiger partial charge >= 0.3 is 0 Å². The van der Waals surface area contributed by atoms with E-state index < -0.39 is 0 Å². The molecule has 1 N–H and O–H groups in total. The summed E-state index contributed by atoms with van der Waals surface area (Å²) >= 11 is 1.37. The van der Waals surface area contributed by atoms with E-state index in [-0.39, 0.29) is 17.7 Å². The molecule has 0 saturated heterocycles. The number of hydrogen-bond donors (Lipinski definition) is 1. The van der Waals surface area contributed by atoms with Crippen LogP contribution in [0.4, 0.5) is 0 Å². The van der Waals surface area contributed by atoms with E-state index in [0.29, 0.717) is 5.16 Å². The Morgan fingerprint density at radius 3 is 2.41 bits per heavy atom. The molecule has 0 bridgehead atoms. The van der Waals surface area contributed by atoms with Gasteiger partial charge in [0.2, 0.25) is 5.91 Å². The molecular weight excluding hydrogens is 444 g/mol. The molecule has 6 nitrogen and oxygen atoms in total. The van der Waals surface area contributed by atoms with Crippen LogP contribution in [0.25, 0.3) is 5.69 Å². The first-order valence-corrected chi connectivity index (χ1v) is 12.3. The Morgan fingerprint density at radius 1 is 1.00 bits per heavy atom. The molecule has 4 aromatic rings. The fourth-order valence-electron chi connectivity index (χ4n) is 3.77. The largest absolute Gasteiger partial charge is 0.497 e. The topological polar surface area (TPSA) is 69.0 Å². The highest BCUT2D eigenvalue weighted by molar-refractivity contribution is 7.99. The predicted octanol–water partition coefficient (Wildman–Crippen LogP) is 5.25. The van der Waals surface area contributed by atoms with Crippen molar-refractivity contribution in [3.8, 4) is 11.4 Å². The van der Waals surface area contributed by atoms with Crippen LogP contribution in [0.5, 0.6) is 5.75 Å². The molecule has 0 aliphatic carbocycles. The van der Waals surface area contributed by atoms with E-state index in [2.05, 4.69) is 51.9 Å².